The van der Waals surface area contributed by atoms with Crippen molar-refractivity contribution in [3.05, 3.63) is 12.2 Å². The number of hydrogen-bond acceptors (Lipinski definition) is 1. The molecule has 2 rings (SSSR count). The Kier molecular flexibility index (Phi) is 0.974. The van der Waals surface area contributed by atoms with Gasteiger partial charge in [0, 0.05) is 0 Å². The lowest BCUT2D eigenvalue weighted by atomic mass is 9.94. The molecule has 1 nitrogen and oxygen atoms in total. The number of rotatable bonds is 0. The summed E-state index contributed by atoms with van der Waals surface area (Å²) in [5, 5.41) is 9.30. The van der Waals surface area contributed by atoms with E-state index in [9.17, 15) is 5.11 Å². The van der Waals surface area contributed by atoms with Crippen LogP contribution in [0.2, 0.25) is 0 Å². The Morgan fingerprint density at radius 3 is 3.00 bits per heavy atom. The second-order valence-corrected chi connectivity index (χ2v) is 3.27. The molecule has 0 aliphatic heterocycles. The van der Waals surface area contributed by atoms with Crippen LogP contribution < -0.4 is 0 Å². The van der Waals surface area contributed by atoms with E-state index >= 15 is 0 Å². The summed E-state index contributed by atoms with van der Waals surface area (Å²) in [7, 11) is 0. The molecule has 0 bridgehead atoms. The highest BCUT2D eigenvalue weighted by Crippen LogP contribution is 2.51. The summed E-state index contributed by atoms with van der Waals surface area (Å²) in [4.78, 5) is 0. The van der Waals surface area contributed by atoms with Gasteiger partial charge in [0.2, 0.25) is 0 Å². The van der Waals surface area contributed by atoms with Gasteiger partial charge in [-0.15, -0.1) is 0 Å². The summed E-state index contributed by atoms with van der Waals surface area (Å²) in [6.07, 6.45) is 3.22. The molecular formula is C8H12O. The van der Waals surface area contributed by atoms with Gasteiger partial charge < -0.3 is 5.11 Å². The molecule has 0 spiro atoms. The van der Waals surface area contributed by atoms with Crippen LogP contribution in [0.15, 0.2) is 12.2 Å². The van der Waals surface area contributed by atoms with E-state index in [-0.39, 0.29) is 6.10 Å². The predicted octanol–water partition coefficient (Wildman–Crippen LogP) is 1.33. The molecule has 0 aromatic rings. The second-order valence-electron chi connectivity index (χ2n) is 3.27. The Hall–Kier alpha value is -0.300. The summed E-state index contributed by atoms with van der Waals surface area (Å²) < 4.78 is 0. The van der Waals surface area contributed by atoms with Crippen LogP contribution in [0.25, 0.3) is 0 Å². The molecule has 0 aromatic carbocycles. The third-order valence-corrected chi connectivity index (χ3v) is 2.62. The summed E-state index contributed by atoms with van der Waals surface area (Å²) >= 11 is 0. The number of aliphatic hydroxyl groups is 1. The molecule has 2 aliphatic carbocycles. The normalized spacial score (nSPS) is 48.6. The first-order chi connectivity index (χ1) is 4.29. The molecule has 1 heteroatoms. The van der Waals surface area contributed by atoms with E-state index in [1.807, 2.05) is 0 Å². The van der Waals surface area contributed by atoms with Gasteiger partial charge in [-0.2, -0.15) is 0 Å². The molecule has 2 fully saturated rings. The third-order valence-electron chi connectivity index (χ3n) is 2.62. The molecular weight excluding hydrogens is 112 g/mol. The van der Waals surface area contributed by atoms with E-state index in [1.165, 1.54) is 12.0 Å². The van der Waals surface area contributed by atoms with Crippen LogP contribution in [-0.4, -0.2) is 11.2 Å². The Morgan fingerprint density at radius 1 is 1.56 bits per heavy atom. The van der Waals surface area contributed by atoms with Gasteiger partial charge >= 0.3 is 0 Å². The molecule has 0 amide bonds. The van der Waals surface area contributed by atoms with Crippen molar-refractivity contribution in [2.75, 3.05) is 0 Å². The van der Waals surface area contributed by atoms with E-state index in [0.717, 1.165) is 12.8 Å². The fraction of sp³-hybridized carbons (Fsp3) is 0.750. The standard InChI is InChI=1S/C8H12O/c1-5-2-3-8(9)7-4-6(5)7/h6-9H,1-4H2/t6-,7-,8-/m1/s1. The van der Waals surface area contributed by atoms with Crippen LogP contribution in [0.4, 0.5) is 0 Å². The van der Waals surface area contributed by atoms with Gasteiger partial charge in [-0.3, -0.25) is 0 Å². The minimum atomic E-state index is 0.000463. The van der Waals surface area contributed by atoms with Gasteiger partial charge in [0.1, 0.15) is 0 Å². The number of aliphatic hydroxyl groups excluding tert-OH is 1. The lowest BCUT2D eigenvalue weighted by molar-refractivity contribution is 0.127. The van der Waals surface area contributed by atoms with Crippen molar-refractivity contribution in [3.63, 3.8) is 0 Å². The molecule has 1 N–H and O–H groups in total. The van der Waals surface area contributed by atoms with Crippen molar-refractivity contribution >= 4 is 0 Å². The minimum Gasteiger partial charge on any atom is -0.393 e. The van der Waals surface area contributed by atoms with E-state index < -0.39 is 0 Å². The Labute approximate surface area is 55.4 Å². The van der Waals surface area contributed by atoms with Crippen LogP contribution in [-0.2, 0) is 0 Å². The van der Waals surface area contributed by atoms with Gasteiger partial charge in [-0.25, -0.2) is 0 Å². The highest BCUT2D eigenvalue weighted by molar-refractivity contribution is 5.17. The molecule has 0 radical (unpaired) electrons. The first-order valence-corrected chi connectivity index (χ1v) is 3.65. The Morgan fingerprint density at radius 2 is 2.33 bits per heavy atom. The van der Waals surface area contributed by atoms with Crippen molar-refractivity contribution < 1.29 is 5.11 Å². The first kappa shape index (κ1) is 5.48. The molecule has 0 heterocycles. The summed E-state index contributed by atoms with van der Waals surface area (Å²) in [5.41, 5.74) is 1.38. The Bertz CT molecular complexity index is 151. The topological polar surface area (TPSA) is 20.2 Å². The second kappa shape index (κ2) is 1.60. The van der Waals surface area contributed by atoms with Gasteiger partial charge in [0.05, 0.1) is 6.10 Å². The van der Waals surface area contributed by atoms with Gasteiger partial charge in [-0.1, -0.05) is 12.2 Å². The lowest BCUT2D eigenvalue weighted by Gasteiger charge is -2.16. The van der Waals surface area contributed by atoms with E-state index in [2.05, 4.69) is 6.58 Å². The largest absolute Gasteiger partial charge is 0.393 e. The molecule has 2 saturated carbocycles. The fourth-order valence-electron chi connectivity index (χ4n) is 1.84. The SMILES string of the molecule is C=C1CC[C@@H](O)[C@@H]2C[C@H]12. The molecule has 2 aliphatic rings. The zero-order valence-corrected chi connectivity index (χ0v) is 5.51. The van der Waals surface area contributed by atoms with Crippen LogP contribution in [0, 0.1) is 11.8 Å². The smallest absolute Gasteiger partial charge is 0.0577 e. The van der Waals surface area contributed by atoms with Gasteiger partial charge in [0.15, 0.2) is 0 Å². The zero-order valence-electron chi connectivity index (χ0n) is 5.51. The molecule has 9 heavy (non-hydrogen) atoms. The van der Waals surface area contributed by atoms with Crippen LogP contribution in [0.5, 0.6) is 0 Å². The number of hydrogen-bond donors (Lipinski definition) is 1. The third kappa shape index (κ3) is 0.715. The monoisotopic (exact) mass is 124 g/mol. The summed E-state index contributed by atoms with van der Waals surface area (Å²) in [6.45, 7) is 3.96. The maximum atomic E-state index is 9.30. The highest BCUT2D eigenvalue weighted by atomic mass is 16.3. The van der Waals surface area contributed by atoms with Gasteiger partial charge in [0.25, 0.3) is 0 Å². The molecule has 0 saturated heterocycles. The fourth-order valence-corrected chi connectivity index (χ4v) is 1.84. The Balaban J connectivity index is 2.08. The summed E-state index contributed by atoms with van der Waals surface area (Å²) in [5.74, 6) is 1.31. The lowest BCUT2D eigenvalue weighted by Crippen LogP contribution is -2.15. The summed E-state index contributed by atoms with van der Waals surface area (Å²) in [6, 6.07) is 0. The van der Waals surface area contributed by atoms with E-state index in [4.69, 9.17) is 0 Å². The molecule has 0 aromatic heterocycles. The van der Waals surface area contributed by atoms with Crippen molar-refractivity contribution in [2.24, 2.45) is 11.8 Å². The zero-order chi connectivity index (χ0) is 6.43. The van der Waals surface area contributed by atoms with Crippen LogP contribution in [0.3, 0.4) is 0 Å². The maximum Gasteiger partial charge on any atom is 0.0577 e. The minimum absolute atomic E-state index is 0.000463. The van der Waals surface area contributed by atoms with Crippen molar-refractivity contribution in [2.45, 2.75) is 25.4 Å². The molecule has 0 unspecified atom stereocenters. The van der Waals surface area contributed by atoms with Crippen LogP contribution in [0.1, 0.15) is 19.3 Å². The maximum absolute atomic E-state index is 9.30. The van der Waals surface area contributed by atoms with Crippen molar-refractivity contribution in [3.8, 4) is 0 Å². The van der Waals surface area contributed by atoms with E-state index in [0.29, 0.717) is 11.8 Å². The number of allylic oxidation sites excluding steroid dienone is 1. The van der Waals surface area contributed by atoms with Crippen molar-refractivity contribution in [1.82, 2.24) is 0 Å². The average molecular weight is 124 g/mol. The predicted molar refractivity (Wildman–Crippen MR) is 36.0 cm³/mol. The van der Waals surface area contributed by atoms with Gasteiger partial charge in [-0.05, 0) is 31.1 Å². The average Bonchev–Trinajstić information content (AvgIpc) is 2.57. The quantitative estimate of drug-likeness (QED) is 0.483. The highest BCUT2D eigenvalue weighted by Gasteiger charge is 2.46. The van der Waals surface area contributed by atoms with E-state index in [1.54, 1.807) is 0 Å². The number of fused-ring (bicyclic) bond motifs is 1. The van der Waals surface area contributed by atoms with Crippen LogP contribution >= 0.6 is 0 Å². The molecule has 50 valence electrons. The first-order valence-electron chi connectivity index (χ1n) is 3.65. The molecule has 3 atom stereocenters. The van der Waals surface area contributed by atoms with Crippen molar-refractivity contribution in [1.29, 1.82) is 0 Å².